The third-order valence-corrected chi connectivity index (χ3v) is 17.1. The van der Waals surface area contributed by atoms with E-state index in [0.29, 0.717) is 50.5 Å². The second-order valence-corrected chi connectivity index (χ2v) is 23.7. The summed E-state index contributed by atoms with van der Waals surface area (Å²) < 4.78 is 41.6. The smallest absolute Gasteiger partial charge is 0.325 e. The number of benzene rings is 1. The van der Waals surface area contributed by atoms with Gasteiger partial charge in [-0.1, -0.05) is 99.1 Å². The number of rotatable bonds is 15. The van der Waals surface area contributed by atoms with Crippen LogP contribution in [0.5, 0.6) is 5.75 Å². The number of allylic oxidation sites excluding steroid dienone is 3. The summed E-state index contributed by atoms with van der Waals surface area (Å²) >= 11 is 6.44. The van der Waals surface area contributed by atoms with Crippen LogP contribution < -0.4 is 21.4 Å². The third kappa shape index (κ3) is 20.0. The van der Waals surface area contributed by atoms with Crippen LogP contribution in [0.15, 0.2) is 48.1 Å². The van der Waals surface area contributed by atoms with Crippen molar-refractivity contribution in [2.24, 2.45) is 47.3 Å². The normalized spacial score (nSPS) is 32.7. The Labute approximate surface area is 505 Å². The molecule has 1 aromatic carbocycles. The van der Waals surface area contributed by atoms with Crippen LogP contribution in [0, 0.1) is 59.0 Å². The number of ether oxygens (including phenoxy) is 2. The Hall–Kier alpha value is -4.46. The number of esters is 1. The van der Waals surface area contributed by atoms with Crippen molar-refractivity contribution in [1.29, 1.82) is 0 Å². The van der Waals surface area contributed by atoms with Gasteiger partial charge in [-0.05, 0) is 106 Å². The number of amides is 4. The van der Waals surface area contributed by atoms with Crippen LogP contribution in [0.1, 0.15) is 152 Å². The fourth-order valence-corrected chi connectivity index (χ4v) is 11.6. The Balaban J connectivity index is 0.00000358. The number of nitrogens with zero attached hydrogens (tertiary/aromatic N) is 1. The molecule has 476 valence electrons. The van der Waals surface area contributed by atoms with E-state index in [-0.39, 0.29) is 73.3 Å². The van der Waals surface area contributed by atoms with E-state index >= 15 is 0 Å². The van der Waals surface area contributed by atoms with E-state index in [1.165, 1.54) is 13.0 Å². The standard InChI is InChI=1S/C59H91F2N5O13.C2H4O.H2S2/c1-11-18-40-52(71)33(6)19-15-13-14-16-21-48(34(7)25-46(69)44(67)23-22-32(5)45(68)30-49-36(9)53(72)37(10)59(79-49)35(8)26-39(12-2)54(73)64-59)78-58(77)42-20-17-24-66(65-42)57(76)43(28-38-27-41(60)50(61)47(70)29-38)62-56(75)51(31(3)4)63-55(40)74;1-2-3;1-2/h13-16,25,27,29,31-33,35-37,39-40,42-46,48-49,51-53,65,67-72H,11-12,17-24,26,28,30H2,1-10H3,(H,62,75)(H,63,74)(H,64,73);2H,1H3;1-2H/b15-13+,16-14+,34-25+;;/t32?,33?,35-,36?,37?,39?,40?,42?,43?,44?,45?,46?,48-,49-,51?,52?,53?,59+;;/m0../s1. The Morgan fingerprint density at radius 3 is 2.15 bits per heavy atom. The maximum absolute atomic E-state index is 14.6. The van der Waals surface area contributed by atoms with Crippen LogP contribution in [0.4, 0.5) is 8.78 Å². The predicted molar refractivity (Wildman–Crippen MR) is 321 cm³/mol. The molecular weight excluding hydrogens is 1130 g/mol. The van der Waals surface area contributed by atoms with Crippen molar-refractivity contribution in [2.75, 3.05) is 6.54 Å². The molecule has 3 saturated heterocycles. The van der Waals surface area contributed by atoms with Gasteiger partial charge in [0.2, 0.25) is 17.7 Å². The Morgan fingerprint density at radius 1 is 0.905 bits per heavy atom. The number of carbonyl (C=O) groups is 6. The summed E-state index contributed by atoms with van der Waals surface area (Å²) in [6.45, 7) is 19.7. The molecule has 23 heteroatoms. The Bertz CT molecular complexity index is 2380. The summed E-state index contributed by atoms with van der Waals surface area (Å²) in [4.78, 5) is 78.6. The zero-order valence-electron chi connectivity index (χ0n) is 50.8. The van der Waals surface area contributed by atoms with Gasteiger partial charge in [0.15, 0.2) is 17.4 Å². The van der Waals surface area contributed by atoms with E-state index in [9.17, 15) is 63.4 Å². The second-order valence-electron chi connectivity index (χ2n) is 23.7. The zero-order chi connectivity index (χ0) is 63.3. The molecule has 0 saturated carbocycles. The molecule has 84 heavy (non-hydrogen) atoms. The number of aliphatic hydroxyl groups excluding tert-OH is 5. The lowest BCUT2D eigenvalue weighted by Gasteiger charge is -2.56. The van der Waals surface area contributed by atoms with E-state index in [2.05, 4.69) is 44.7 Å². The molecule has 4 amide bonds. The molecule has 2 bridgehead atoms. The van der Waals surface area contributed by atoms with Gasteiger partial charge in [-0.15, -0.1) is 23.3 Å². The average Bonchev–Trinajstić information content (AvgIpc) is 1.84. The number of hydrogen-bond donors (Lipinski definition) is 12. The van der Waals surface area contributed by atoms with Crippen molar-refractivity contribution in [3.05, 3.63) is 65.3 Å². The highest BCUT2D eigenvalue weighted by Crippen LogP contribution is 2.46. The number of phenols is 1. The number of halogens is 2. The first-order valence-corrected chi connectivity index (χ1v) is 31.3. The van der Waals surface area contributed by atoms with Gasteiger partial charge in [-0.25, -0.2) is 9.82 Å². The van der Waals surface area contributed by atoms with E-state index in [1.54, 1.807) is 45.9 Å². The van der Waals surface area contributed by atoms with Crippen LogP contribution >= 0.6 is 23.3 Å². The van der Waals surface area contributed by atoms with Gasteiger partial charge < -0.3 is 60.9 Å². The first-order chi connectivity index (χ1) is 39.7. The van der Waals surface area contributed by atoms with Gasteiger partial charge in [-0.2, -0.15) is 4.39 Å². The highest BCUT2D eigenvalue weighted by molar-refractivity contribution is 8.59. The largest absolute Gasteiger partial charge is 0.505 e. The third-order valence-electron chi connectivity index (χ3n) is 17.1. The quantitative estimate of drug-likeness (QED) is 0.0303. The first-order valence-electron chi connectivity index (χ1n) is 29.7. The minimum absolute atomic E-state index is 0.0395. The Kier molecular flexibility index (Phi) is 31.1. The van der Waals surface area contributed by atoms with Gasteiger partial charge in [0.1, 0.15) is 36.2 Å². The number of aliphatic hydroxyl groups is 5. The molecule has 0 radical (unpaired) electrons. The van der Waals surface area contributed by atoms with Crippen molar-refractivity contribution >= 4 is 59.2 Å². The topological polar surface area (TPSA) is 294 Å². The van der Waals surface area contributed by atoms with Gasteiger partial charge in [0.05, 0.1) is 42.5 Å². The number of cyclic esters (lactones) is 1. The number of nitrogens with one attached hydrogen (secondary N) is 4. The molecule has 4 aliphatic rings. The molecule has 10 N–H and O–H groups in total. The molecule has 0 aliphatic carbocycles. The lowest BCUT2D eigenvalue weighted by atomic mass is 9.69. The van der Waals surface area contributed by atoms with E-state index in [1.807, 2.05) is 47.6 Å². The molecule has 4 heterocycles. The molecule has 1 spiro atoms. The van der Waals surface area contributed by atoms with E-state index < -0.39 is 132 Å². The lowest BCUT2D eigenvalue weighted by Crippen LogP contribution is -2.71. The number of hydrogen-bond acceptors (Lipinski definition) is 17. The highest BCUT2D eigenvalue weighted by atomic mass is 33.1. The SMILES string of the molecule is CC=O.CCCC1C(=O)NC(C(C)C)C(=O)NC(Cc2cc(O)c(F)c(F)c2)C(=O)N2CCCC(N2)C(=O)O[C@H](/C(C)=C/C(O)C(O)CCC(C)C(O)C[C@@H]2O[C@@]3(NC(=O)C(CC)C[C@@H]3C)C(C)C(O)C2C)C/C=C/C=C/CC(C)C1O.SS. The van der Waals surface area contributed by atoms with Gasteiger partial charge in [-0.3, -0.25) is 29.0 Å². The van der Waals surface area contributed by atoms with Gasteiger partial charge in [0.25, 0.3) is 5.91 Å². The molecular formula is C61H97F2N5O14S2. The number of hydrazine groups is 1. The van der Waals surface area contributed by atoms with Crippen LogP contribution in [0.2, 0.25) is 0 Å². The number of thiol groups is 2. The summed E-state index contributed by atoms with van der Waals surface area (Å²) in [5.74, 6) is -10.0. The minimum Gasteiger partial charge on any atom is -0.505 e. The second kappa shape index (κ2) is 35.4. The van der Waals surface area contributed by atoms with Crippen molar-refractivity contribution in [2.45, 2.75) is 220 Å². The number of aromatic hydroxyl groups is 1. The van der Waals surface area contributed by atoms with Crippen molar-refractivity contribution in [1.82, 2.24) is 26.4 Å². The van der Waals surface area contributed by atoms with Crippen LogP contribution in [0.25, 0.3) is 0 Å². The summed E-state index contributed by atoms with van der Waals surface area (Å²) in [6, 6.07) is -2.07. The molecule has 0 aromatic heterocycles. The molecule has 1 aromatic rings. The number of fused-ring (bicyclic) bond motifs is 2. The molecule has 19 nitrogen and oxygen atoms in total. The first kappa shape index (κ1) is 73.8. The number of aldehydes is 1. The fourth-order valence-electron chi connectivity index (χ4n) is 11.6. The molecule has 5 rings (SSSR count). The van der Waals surface area contributed by atoms with Crippen molar-refractivity contribution in [3.8, 4) is 5.75 Å². The summed E-state index contributed by atoms with van der Waals surface area (Å²) in [5, 5.41) is 77.0. The van der Waals surface area contributed by atoms with E-state index in [4.69, 9.17) is 14.3 Å². The summed E-state index contributed by atoms with van der Waals surface area (Å²) in [7, 11) is 0. The minimum atomic E-state index is -1.50. The maximum Gasteiger partial charge on any atom is 0.325 e. The van der Waals surface area contributed by atoms with Crippen LogP contribution in [-0.2, 0) is 44.7 Å². The van der Waals surface area contributed by atoms with Crippen LogP contribution in [0.3, 0.4) is 0 Å². The van der Waals surface area contributed by atoms with Gasteiger partial charge >= 0.3 is 5.97 Å². The van der Waals surface area contributed by atoms with Crippen molar-refractivity contribution in [3.63, 3.8) is 0 Å². The highest BCUT2D eigenvalue weighted by Gasteiger charge is 2.57. The Morgan fingerprint density at radius 2 is 1.55 bits per heavy atom. The summed E-state index contributed by atoms with van der Waals surface area (Å²) in [5.41, 5.74) is 2.18. The predicted octanol–water partition coefficient (Wildman–Crippen LogP) is 6.28. The molecule has 14 unspecified atom stereocenters. The van der Waals surface area contributed by atoms with Crippen LogP contribution in [-0.4, -0.2) is 145 Å². The number of phenolic OH excluding ortho intramolecular Hbond substituents is 1. The van der Waals surface area contributed by atoms with Gasteiger partial charge in [0, 0.05) is 49.5 Å². The van der Waals surface area contributed by atoms with E-state index in [0.717, 1.165) is 23.4 Å². The number of piperidine rings is 1. The summed E-state index contributed by atoms with van der Waals surface area (Å²) in [6.07, 6.45) is 5.40. The van der Waals surface area contributed by atoms with Crippen molar-refractivity contribution < 1.29 is 77.7 Å². The zero-order valence-corrected chi connectivity index (χ0v) is 52.5. The molecule has 18 atom stereocenters. The monoisotopic (exact) mass is 1230 g/mol. The fraction of sp³-hybridized carbons (Fsp3) is 0.705. The lowest BCUT2D eigenvalue weighted by molar-refractivity contribution is -0.267. The molecule has 3 fully saturated rings. The average molecular weight is 1230 g/mol. The maximum atomic E-state index is 14.6. The number of carbonyl (C=O) groups excluding carboxylic acids is 6. The molecule has 4 aliphatic heterocycles.